The van der Waals surface area contributed by atoms with Gasteiger partial charge < -0.3 is 9.30 Å². The van der Waals surface area contributed by atoms with Crippen molar-refractivity contribution in [2.45, 2.75) is 19.8 Å². The summed E-state index contributed by atoms with van der Waals surface area (Å²) >= 11 is 1.54. The van der Waals surface area contributed by atoms with Crippen LogP contribution in [0.4, 0.5) is 0 Å². The Morgan fingerprint density at radius 2 is 1.96 bits per heavy atom. The van der Waals surface area contributed by atoms with Crippen LogP contribution in [0, 0.1) is 0 Å². The first kappa shape index (κ1) is 17.2. The van der Waals surface area contributed by atoms with Gasteiger partial charge in [-0.15, -0.1) is 5.10 Å². The standard InChI is InChI=1S/C19H21N3O2S/c1-3-4-13-24-15-11-9-14(10-12-15)18(23)20-21-19-22(2)16-7-5-6-8-17(16)25-19/h5-12H,3-4,13H2,1-2H3,(H,20,23). The van der Waals surface area contributed by atoms with E-state index >= 15 is 0 Å². The van der Waals surface area contributed by atoms with Crippen LogP contribution in [-0.2, 0) is 7.05 Å². The van der Waals surface area contributed by atoms with Gasteiger partial charge in [-0.2, -0.15) is 0 Å². The zero-order valence-electron chi connectivity index (χ0n) is 14.4. The number of fused-ring (bicyclic) bond motifs is 1. The monoisotopic (exact) mass is 355 g/mol. The molecule has 6 heteroatoms. The number of hydrogen-bond acceptors (Lipinski definition) is 4. The summed E-state index contributed by atoms with van der Waals surface area (Å²) in [6, 6.07) is 15.2. The van der Waals surface area contributed by atoms with E-state index in [1.54, 1.807) is 12.1 Å². The van der Waals surface area contributed by atoms with E-state index in [0.29, 0.717) is 12.2 Å². The van der Waals surface area contributed by atoms with Gasteiger partial charge in [-0.25, -0.2) is 5.43 Å². The Kier molecular flexibility index (Phi) is 5.50. The highest BCUT2D eigenvalue weighted by Crippen LogP contribution is 2.15. The molecule has 0 aliphatic rings. The average Bonchev–Trinajstić information content (AvgIpc) is 2.97. The van der Waals surface area contributed by atoms with Crippen LogP contribution in [0.3, 0.4) is 0 Å². The fraction of sp³-hybridized carbons (Fsp3) is 0.263. The number of ether oxygens (including phenoxy) is 1. The lowest BCUT2D eigenvalue weighted by Crippen LogP contribution is -2.23. The molecule has 5 nitrogen and oxygen atoms in total. The number of unbranched alkanes of at least 4 members (excludes halogenated alkanes) is 1. The van der Waals surface area contributed by atoms with Gasteiger partial charge in [0.15, 0.2) is 0 Å². The molecule has 2 aromatic carbocycles. The number of para-hydroxylation sites is 1. The molecule has 1 heterocycles. The second-order valence-electron chi connectivity index (χ2n) is 5.69. The number of aromatic nitrogens is 1. The normalized spacial score (nSPS) is 11.7. The van der Waals surface area contributed by atoms with Crippen LogP contribution in [-0.4, -0.2) is 17.1 Å². The van der Waals surface area contributed by atoms with E-state index in [-0.39, 0.29) is 5.91 Å². The number of aryl methyl sites for hydroxylation is 1. The number of carbonyl (C=O) groups excluding carboxylic acids is 1. The highest BCUT2D eigenvalue weighted by atomic mass is 32.1. The van der Waals surface area contributed by atoms with E-state index < -0.39 is 0 Å². The smallest absolute Gasteiger partial charge is 0.271 e. The van der Waals surface area contributed by atoms with Crippen LogP contribution in [0.5, 0.6) is 5.75 Å². The molecule has 130 valence electrons. The molecular weight excluding hydrogens is 334 g/mol. The molecule has 3 aromatic rings. The summed E-state index contributed by atoms with van der Waals surface area (Å²) < 4.78 is 8.70. The maximum atomic E-state index is 12.3. The highest BCUT2D eigenvalue weighted by Gasteiger charge is 2.06. The van der Waals surface area contributed by atoms with Crippen LogP contribution >= 0.6 is 11.3 Å². The van der Waals surface area contributed by atoms with E-state index in [1.165, 1.54) is 11.3 Å². The third-order valence-corrected chi connectivity index (χ3v) is 4.96. The van der Waals surface area contributed by atoms with Crippen molar-refractivity contribution in [2.75, 3.05) is 6.61 Å². The van der Waals surface area contributed by atoms with Gasteiger partial charge in [0.05, 0.1) is 16.8 Å². The first-order valence-corrected chi connectivity index (χ1v) is 9.12. The van der Waals surface area contributed by atoms with Crippen LogP contribution in [0.15, 0.2) is 53.6 Å². The van der Waals surface area contributed by atoms with Crippen molar-refractivity contribution in [3.8, 4) is 5.75 Å². The van der Waals surface area contributed by atoms with E-state index in [2.05, 4.69) is 17.5 Å². The minimum Gasteiger partial charge on any atom is -0.494 e. The van der Waals surface area contributed by atoms with E-state index in [9.17, 15) is 4.79 Å². The van der Waals surface area contributed by atoms with Gasteiger partial charge in [-0.05, 0) is 42.8 Å². The van der Waals surface area contributed by atoms with Crippen molar-refractivity contribution in [3.05, 3.63) is 58.9 Å². The van der Waals surface area contributed by atoms with Crippen molar-refractivity contribution in [1.29, 1.82) is 0 Å². The number of carbonyl (C=O) groups is 1. The maximum Gasteiger partial charge on any atom is 0.271 e. The molecule has 0 bridgehead atoms. The second-order valence-corrected chi connectivity index (χ2v) is 6.70. The SMILES string of the molecule is CCCCOc1ccc(C(=O)NN=c2sc3ccccc3n2C)cc1. The lowest BCUT2D eigenvalue weighted by molar-refractivity contribution is 0.0953. The predicted octanol–water partition coefficient (Wildman–Crippen LogP) is 3.66. The maximum absolute atomic E-state index is 12.3. The van der Waals surface area contributed by atoms with Gasteiger partial charge in [0.1, 0.15) is 5.75 Å². The summed E-state index contributed by atoms with van der Waals surface area (Å²) in [5, 5.41) is 4.25. The Bertz CT molecular complexity index is 926. The Labute approximate surface area is 150 Å². The predicted molar refractivity (Wildman–Crippen MR) is 101 cm³/mol. The molecule has 3 rings (SSSR count). The van der Waals surface area contributed by atoms with Crippen LogP contribution in [0.1, 0.15) is 30.1 Å². The largest absolute Gasteiger partial charge is 0.494 e. The molecule has 0 unspecified atom stereocenters. The van der Waals surface area contributed by atoms with Crippen LogP contribution in [0.25, 0.3) is 10.2 Å². The topological polar surface area (TPSA) is 55.6 Å². The molecule has 1 aromatic heterocycles. The number of nitrogens with one attached hydrogen (secondary N) is 1. The van der Waals surface area contributed by atoms with Crippen LogP contribution < -0.4 is 15.0 Å². The highest BCUT2D eigenvalue weighted by molar-refractivity contribution is 7.16. The Hall–Kier alpha value is -2.60. The van der Waals surface area contributed by atoms with Crippen molar-refractivity contribution in [1.82, 2.24) is 9.99 Å². The van der Waals surface area contributed by atoms with Crippen molar-refractivity contribution >= 4 is 27.5 Å². The zero-order chi connectivity index (χ0) is 17.6. The summed E-state index contributed by atoms with van der Waals surface area (Å²) in [5.74, 6) is 0.537. The molecule has 1 N–H and O–H groups in total. The molecule has 0 radical (unpaired) electrons. The van der Waals surface area contributed by atoms with Gasteiger partial charge in [0.25, 0.3) is 5.91 Å². The molecule has 0 aliphatic heterocycles. The van der Waals surface area contributed by atoms with E-state index in [0.717, 1.165) is 33.6 Å². The summed E-state index contributed by atoms with van der Waals surface area (Å²) in [7, 11) is 1.94. The third-order valence-electron chi connectivity index (χ3n) is 3.85. The lowest BCUT2D eigenvalue weighted by atomic mass is 10.2. The summed E-state index contributed by atoms with van der Waals surface area (Å²) in [5.41, 5.74) is 4.27. The van der Waals surface area contributed by atoms with Gasteiger partial charge in [0.2, 0.25) is 4.80 Å². The molecule has 0 fully saturated rings. The van der Waals surface area contributed by atoms with Gasteiger partial charge in [-0.3, -0.25) is 4.79 Å². The van der Waals surface area contributed by atoms with Crippen molar-refractivity contribution < 1.29 is 9.53 Å². The number of rotatable bonds is 6. The van der Waals surface area contributed by atoms with Crippen LogP contribution in [0.2, 0.25) is 0 Å². The fourth-order valence-corrected chi connectivity index (χ4v) is 3.37. The molecule has 0 saturated carbocycles. The van der Waals surface area contributed by atoms with E-state index in [4.69, 9.17) is 4.74 Å². The number of hydrogen-bond donors (Lipinski definition) is 1. The van der Waals surface area contributed by atoms with Crippen molar-refractivity contribution in [2.24, 2.45) is 12.1 Å². The third kappa shape index (κ3) is 4.09. The zero-order valence-corrected chi connectivity index (χ0v) is 15.2. The van der Waals surface area contributed by atoms with E-state index in [1.807, 2.05) is 48.0 Å². The summed E-state index contributed by atoms with van der Waals surface area (Å²) in [6.07, 6.45) is 2.12. The summed E-state index contributed by atoms with van der Waals surface area (Å²) in [6.45, 7) is 2.82. The molecular formula is C19H21N3O2S. The average molecular weight is 355 g/mol. The minimum atomic E-state index is -0.238. The number of thiazole rings is 1. The molecule has 0 atom stereocenters. The molecule has 0 saturated heterocycles. The summed E-state index contributed by atoms with van der Waals surface area (Å²) in [4.78, 5) is 13.0. The van der Waals surface area contributed by atoms with Gasteiger partial charge in [0, 0.05) is 12.6 Å². The van der Waals surface area contributed by atoms with Gasteiger partial charge in [-0.1, -0.05) is 36.8 Å². The molecule has 0 aliphatic carbocycles. The Morgan fingerprint density at radius 1 is 1.20 bits per heavy atom. The minimum absolute atomic E-state index is 0.238. The number of benzene rings is 2. The fourth-order valence-electron chi connectivity index (χ4n) is 2.39. The second kappa shape index (κ2) is 7.98. The number of nitrogens with zero attached hydrogens (tertiary/aromatic N) is 2. The number of amides is 1. The first-order chi connectivity index (χ1) is 12.2. The molecule has 25 heavy (non-hydrogen) atoms. The quantitative estimate of drug-likeness (QED) is 0.542. The lowest BCUT2D eigenvalue weighted by Gasteiger charge is -2.05. The Balaban J connectivity index is 1.70. The first-order valence-electron chi connectivity index (χ1n) is 8.30. The van der Waals surface area contributed by atoms with Crippen molar-refractivity contribution in [3.63, 3.8) is 0 Å². The Morgan fingerprint density at radius 3 is 2.68 bits per heavy atom. The molecule has 0 spiro atoms. The van der Waals surface area contributed by atoms with Gasteiger partial charge >= 0.3 is 0 Å². The molecule has 1 amide bonds.